The van der Waals surface area contributed by atoms with E-state index in [1.54, 1.807) is 17.9 Å². The number of rotatable bonds is 3. The van der Waals surface area contributed by atoms with Gasteiger partial charge in [0.05, 0.1) is 5.82 Å². The van der Waals surface area contributed by atoms with Crippen LogP contribution in [0.4, 0.5) is 4.79 Å². The van der Waals surface area contributed by atoms with E-state index in [-0.39, 0.29) is 17.7 Å². The van der Waals surface area contributed by atoms with Crippen molar-refractivity contribution in [2.24, 2.45) is 11.5 Å². The van der Waals surface area contributed by atoms with E-state index in [1.165, 1.54) is 0 Å². The Balaban J connectivity index is 2.60. The van der Waals surface area contributed by atoms with Gasteiger partial charge < -0.3 is 26.4 Å². The molecule has 5 N–H and O–H groups in total. The Labute approximate surface area is 134 Å². The first-order valence-electron chi connectivity index (χ1n) is 7.52. The number of amides is 1. The summed E-state index contributed by atoms with van der Waals surface area (Å²) in [6.45, 7) is 8.63. The molecule has 1 amide bonds. The van der Waals surface area contributed by atoms with Crippen LogP contribution in [0.15, 0.2) is 23.1 Å². The predicted molar refractivity (Wildman–Crippen MR) is 88.9 cm³/mol. The first-order valence-corrected chi connectivity index (χ1v) is 7.52. The molecule has 2 radical (unpaired) electrons. The monoisotopic (exact) mass is 306 g/mol. The summed E-state index contributed by atoms with van der Waals surface area (Å²) in [5, 5.41) is 3.20. The number of allylic oxidation sites excluding steroid dienone is 2. The standard InChI is InChI=1S/C15H27BN4O2/c1-10(13(16)18)8-12(17)19-11-6-5-7-20(9-11)14(21)22-15(2,3)4/h8,11,19H,5-7,9,17-18H2,1-4H3/b12-8+,13-10-. The predicted octanol–water partition coefficient (Wildman–Crippen LogP) is 1.13. The molecule has 1 heterocycles. The summed E-state index contributed by atoms with van der Waals surface area (Å²) < 4.78 is 5.40. The second kappa shape index (κ2) is 7.47. The van der Waals surface area contributed by atoms with Gasteiger partial charge >= 0.3 is 6.09 Å². The van der Waals surface area contributed by atoms with Gasteiger partial charge in [-0.05, 0) is 57.8 Å². The molecular weight excluding hydrogens is 279 g/mol. The molecule has 1 rings (SSSR count). The summed E-state index contributed by atoms with van der Waals surface area (Å²) in [6, 6.07) is 0.0873. The molecule has 22 heavy (non-hydrogen) atoms. The molecule has 0 spiro atoms. The van der Waals surface area contributed by atoms with Gasteiger partial charge in [0.15, 0.2) is 0 Å². The zero-order valence-corrected chi connectivity index (χ0v) is 14.0. The van der Waals surface area contributed by atoms with E-state index in [1.807, 2.05) is 20.8 Å². The number of carbonyl (C=O) groups excluding carboxylic acids is 1. The first kappa shape index (κ1) is 18.3. The average Bonchev–Trinajstić information content (AvgIpc) is 2.36. The van der Waals surface area contributed by atoms with Gasteiger partial charge in [0.2, 0.25) is 0 Å². The fraction of sp³-hybridized carbons (Fsp3) is 0.667. The second-order valence-corrected chi connectivity index (χ2v) is 6.65. The van der Waals surface area contributed by atoms with Crippen LogP contribution >= 0.6 is 0 Å². The first-order chi connectivity index (χ1) is 10.1. The summed E-state index contributed by atoms with van der Waals surface area (Å²) in [5.74, 6) is 0.488. The van der Waals surface area contributed by atoms with E-state index >= 15 is 0 Å². The van der Waals surface area contributed by atoms with Gasteiger partial charge in [-0.25, -0.2) is 4.79 Å². The second-order valence-electron chi connectivity index (χ2n) is 6.65. The Kier molecular flexibility index (Phi) is 6.20. The highest BCUT2D eigenvalue weighted by atomic mass is 16.6. The lowest BCUT2D eigenvalue weighted by Gasteiger charge is -2.34. The van der Waals surface area contributed by atoms with Crippen LogP contribution in [0, 0.1) is 0 Å². The number of nitrogens with two attached hydrogens (primary N) is 2. The molecule has 0 bridgehead atoms. The van der Waals surface area contributed by atoms with Crippen molar-refractivity contribution in [3.63, 3.8) is 0 Å². The Hall–Kier alpha value is -1.79. The summed E-state index contributed by atoms with van der Waals surface area (Å²) >= 11 is 0. The normalized spacial score (nSPS) is 21.2. The Morgan fingerprint density at radius 2 is 2.05 bits per heavy atom. The molecule has 0 saturated carbocycles. The zero-order valence-electron chi connectivity index (χ0n) is 14.0. The molecule has 1 atom stereocenters. The van der Waals surface area contributed by atoms with Crippen molar-refractivity contribution in [2.45, 2.75) is 52.2 Å². The molecule has 6 nitrogen and oxygen atoms in total. The lowest BCUT2D eigenvalue weighted by molar-refractivity contribution is 0.0191. The number of hydrogen-bond acceptors (Lipinski definition) is 5. The number of hydrogen-bond donors (Lipinski definition) is 3. The molecule has 1 unspecified atom stereocenters. The summed E-state index contributed by atoms with van der Waals surface area (Å²) in [6.07, 6.45) is 3.25. The van der Waals surface area contributed by atoms with E-state index in [0.717, 1.165) is 12.8 Å². The van der Waals surface area contributed by atoms with E-state index in [4.69, 9.17) is 24.1 Å². The van der Waals surface area contributed by atoms with Gasteiger partial charge in [0.25, 0.3) is 0 Å². The molecule has 0 aromatic rings. The fourth-order valence-electron chi connectivity index (χ4n) is 2.18. The van der Waals surface area contributed by atoms with Crippen LogP contribution < -0.4 is 16.8 Å². The highest BCUT2D eigenvalue weighted by Crippen LogP contribution is 2.15. The molecule has 1 fully saturated rings. The molecule has 1 saturated heterocycles. The molecule has 122 valence electrons. The van der Waals surface area contributed by atoms with Crippen LogP contribution in [0.3, 0.4) is 0 Å². The van der Waals surface area contributed by atoms with E-state index in [9.17, 15) is 4.79 Å². The van der Waals surface area contributed by atoms with Gasteiger partial charge in [-0.3, -0.25) is 0 Å². The van der Waals surface area contributed by atoms with Crippen LogP contribution in [0.5, 0.6) is 0 Å². The topological polar surface area (TPSA) is 93.6 Å². The molecule has 0 aromatic carbocycles. The van der Waals surface area contributed by atoms with Crippen molar-refractivity contribution < 1.29 is 9.53 Å². The molecule has 1 aliphatic rings. The van der Waals surface area contributed by atoms with Crippen molar-refractivity contribution in [1.82, 2.24) is 10.2 Å². The minimum absolute atomic E-state index is 0.0873. The van der Waals surface area contributed by atoms with Gasteiger partial charge in [-0.15, -0.1) is 0 Å². The van der Waals surface area contributed by atoms with Crippen LogP contribution in [0.2, 0.25) is 0 Å². The fourth-order valence-corrected chi connectivity index (χ4v) is 2.18. The minimum atomic E-state index is -0.489. The summed E-state index contributed by atoms with van der Waals surface area (Å²) in [7, 11) is 5.50. The Morgan fingerprint density at radius 3 is 2.59 bits per heavy atom. The summed E-state index contributed by atoms with van der Waals surface area (Å²) in [4.78, 5) is 13.8. The quantitative estimate of drug-likeness (QED) is 0.537. The van der Waals surface area contributed by atoms with Gasteiger partial charge in [-0.1, -0.05) is 0 Å². The molecule has 0 aromatic heterocycles. The molecule has 0 aliphatic carbocycles. The number of nitrogens with one attached hydrogen (secondary N) is 1. The smallest absolute Gasteiger partial charge is 0.410 e. The van der Waals surface area contributed by atoms with Gasteiger partial charge in [0.1, 0.15) is 13.4 Å². The highest BCUT2D eigenvalue weighted by molar-refractivity contribution is 6.21. The maximum absolute atomic E-state index is 12.1. The SMILES string of the molecule is [B]/C(N)=C(C)/C=C(\N)NC1CCCN(C(=O)OC(C)(C)C)C1. The molecule has 1 aliphatic heterocycles. The number of nitrogens with zero attached hydrogens (tertiary/aromatic N) is 1. The van der Waals surface area contributed by atoms with Gasteiger partial charge in [0, 0.05) is 19.1 Å². The zero-order chi connectivity index (χ0) is 16.9. The third-order valence-electron chi connectivity index (χ3n) is 3.27. The van der Waals surface area contributed by atoms with Crippen molar-refractivity contribution in [1.29, 1.82) is 0 Å². The van der Waals surface area contributed by atoms with E-state index < -0.39 is 5.60 Å². The largest absolute Gasteiger partial charge is 0.444 e. The van der Waals surface area contributed by atoms with Crippen molar-refractivity contribution in [3.05, 3.63) is 23.1 Å². The maximum atomic E-state index is 12.1. The maximum Gasteiger partial charge on any atom is 0.410 e. The van der Waals surface area contributed by atoms with Gasteiger partial charge in [-0.2, -0.15) is 0 Å². The van der Waals surface area contributed by atoms with Crippen molar-refractivity contribution >= 4 is 13.9 Å². The lowest BCUT2D eigenvalue weighted by Crippen LogP contribution is -2.49. The third-order valence-corrected chi connectivity index (χ3v) is 3.27. The number of ether oxygens (including phenoxy) is 1. The van der Waals surface area contributed by atoms with Crippen LogP contribution in [0.1, 0.15) is 40.5 Å². The Bertz CT molecular complexity index is 465. The van der Waals surface area contributed by atoms with Crippen LogP contribution in [0.25, 0.3) is 0 Å². The summed E-state index contributed by atoms with van der Waals surface area (Å²) in [5.41, 5.74) is 11.9. The minimum Gasteiger partial charge on any atom is -0.444 e. The molecular formula is C15H27BN4O2. The van der Waals surface area contributed by atoms with Crippen LogP contribution in [-0.2, 0) is 4.74 Å². The third kappa shape index (κ3) is 6.32. The Morgan fingerprint density at radius 1 is 1.41 bits per heavy atom. The lowest BCUT2D eigenvalue weighted by atomic mass is 9.99. The van der Waals surface area contributed by atoms with Crippen molar-refractivity contribution in [2.75, 3.05) is 13.1 Å². The molecule has 7 heteroatoms. The number of carbonyl (C=O) groups is 1. The van der Waals surface area contributed by atoms with E-state index in [2.05, 4.69) is 5.32 Å². The number of likely N-dealkylation sites (tertiary alicyclic amines) is 1. The van der Waals surface area contributed by atoms with Crippen molar-refractivity contribution in [3.8, 4) is 0 Å². The average molecular weight is 306 g/mol. The van der Waals surface area contributed by atoms with E-state index in [0.29, 0.717) is 24.5 Å². The highest BCUT2D eigenvalue weighted by Gasteiger charge is 2.27. The number of piperidine rings is 1. The van der Waals surface area contributed by atoms with Crippen LogP contribution in [-0.4, -0.2) is 43.6 Å².